The first-order valence-corrected chi connectivity index (χ1v) is 6.31. The van der Waals surface area contributed by atoms with Crippen molar-refractivity contribution in [1.82, 2.24) is 4.90 Å². The average Bonchev–Trinajstić information content (AvgIpc) is 2.25. The number of carbonyl (C=O) groups is 2. The summed E-state index contributed by atoms with van der Waals surface area (Å²) in [4.78, 5) is 25.2. The van der Waals surface area contributed by atoms with Crippen molar-refractivity contribution in [3.05, 3.63) is 10.7 Å². The Kier molecular flexibility index (Phi) is 3.15. The molecule has 0 radical (unpaired) electrons. The first-order valence-electron chi connectivity index (χ1n) is 5.93. The number of fused-ring (bicyclic) bond motifs is 1. The van der Waals surface area contributed by atoms with Gasteiger partial charge in [-0.25, -0.2) is 4.79 Å². The Morgan fingerprint density at radius 1 is 1.50 bits per heavy atom. The van der Waals surface area contributed by atoms with Crippen LogP contribution >= 0.6 is 11.6 Å². The van der Waals surface area contributed by atoms with E-state index >= 15 is 0 Å². The number of amides is 1. The summed E-state index contributed by atoms with van der Waals surface area (Å²) in [5.74, 6) is -0.823. The number of carbonyl (C=O) groups excluding carboxylic acids is 2. The molecule has 2 heterocycles. The molecule has 18 heavy (non-hydrogen) atoms. The third kappa shape index (κ3) is 2.12. The lowest BCUT2D eigenvalue weighted by Crippen LogP contribution is -2.69. The number of esters is 1. The second-order valence-electron chi connectivity index (χ2n) is 5.60. The molecule has 0 aromatic heterocycles. The molecule has 0 saturated carbocycles. The van der Waals surface area contributed by atoms with Crippen LogP contribution in [-0.2, 0) is 14.3 Å². The zero-order chi connectivity index (χ0) is 13.7. The predicted octanol–water partition coefficient (Wildman–Crippen LogP) is 1.11. The van der Waals surface area contributed by atoms with E-state index in [9.17, 15) is 9.59 Å². The lowest BCUT2D eigenvalue weighted by Gasteiger charge is -2.48. The normalized spacial score (nSPS) is 27.8. The standard InChI is InChI=1S/C12H17ClN2O3/c1-12(2,3)18-11(17)9-6(13)4-5-7-8(14)10(16)15(7)9/h7-8H,4-5,14H2,1-3H3. The van der Waals surface area contributed by atoms with Crippen molar-refractivity contribution in [3.63, 3.8) is 0 Å². The molecule has 0 aromatic carbocycles. The Hall–Kier alpha value is -1.07. The van der Waals surface area contributed by atoms with E-state index in [-0.39, 0.29) is 17.6 Å². The van der Waals surface area contributed by atoms with Crippen molar-refractivity contribution in [3.8, 4) is 0 Å². The van der Waals surface area contributed by atoms with E-state index in [2.05, 4.69) is 0 Å². The average molecular weight is 273 g/mol. The van der Waals surface area contributed by atoms with Gasteiger partial charge in [-0.2, -0.15) is 0 Å². The summed E-state index contributed by atoms with van der Waals surface area (Å²) in [6.07, 6.45) is 1.25. The van der Waals surface area contributed by atoms with Crippen molar-refractivity contribution in [2.45, 2.75) is 51.3 Å². The minimum atomic E-state index is -0.621. The number of allylic oxidation sites excluding steroid dienone is 1. The minimum Gasteiger partial charge on any atom is -0.455 e. The molecule has 5 nitrogen and oxygen atoms in total. The molecule has 2 atom stereocenters. The molecule has 1 fully saturated rings. The summed E-state index contributed by atoms with van der Waals surface area (Å²) in [5, 5.41) is 0.376. The van der Waals surface area contributed by atoms with Crippen LogP contribution in [-0.4, -0.2) is 34.5 Å². The highest BCUT2D eigenvalue weighted by Gasteiger charge is 2.51. The SMILES string of the molecule is CC(C)(C)OC(=O)C1=C(Cl)CCC2C(N)C(=O)N12. The second kappa shape index (κ2) is 4.24. The molecule has 2 aliphatic heterocycles. The monoisotopic (exact) mass is 272 g/mol. The van der Waals surface area contributed by atoms with Crippen molar-refractivity contribution in [2.75, 3.05) is 0 Å². The van der Waals surface area contributed by atoms with Crippen LogP contribution in [0.2, 0.25) is 0 Å². The minimum absolute atomic E-state index is 0.123. The molecule has 1 amide bonds. The molecular formula is C12H17ClN2O3. The van der Waals surface area contributed by atoms with E-state index in [1.165, 1.54) is 4.90 Å². The number of hydrogen-bond donors (Lipinski definition) is 1. The van der Waals surface area contributed by atoms with Crippen molar-refractivity contribution < 1.29 is 14.3 Å². The van der Waals surface area contributed by atoms with Gasteiger partial charge in [0, 0.05) is 5.03 Å². The van der Waals surface area contributed by atoms with Crippen LogP contribution in [0, 0.1) is 0 Å². The van der Waals surface area contributed by atoms with Crippen LogP contribution in [0.1, 0.15) is 33.6 Å². The van der Waals surface area contributed by atoms with Crippen LogP contribution in [0.15, 0.2) is 10.7 Å². The van der Waals surface area contributed by atoms with Gasteiger partial charge in [0.2, 0.25) is 5.91 Å². The largest absolute Gasteiger partial charge is 0.455 e. The van der Waals surface area contributed by atoms with Gasteiger partial charge in [0.25, 0.3) is 0 Å². The lowest BCUT2D eigenvalue weighted by molar-refractivity contribution is -0.160. The van der Waals surface area contributed by atoms with E-state index in [4.69, 9.17) is 22.1 Å². The Morgan fingerprint density at radius 2 is 2.11 bits per heavy atom. The maximum atomic E-state index is 12.1. The summed E-state index contributed by atoms with van der Waals surface area (Å²) in [6.45, 7) is 5.30. The summed E-state index contributed by atoms with van der Waals surface area (Å²) in [5.41, 5.74) is 5.24. The molecular weight excluding hydrogens is 256 g/mol. The molecule has 0 spiro atoms. The van der Waals surface area contributed by atoms with Gasteiger partial charge in [-0.05, 0) is 33.6 Å². The molecule has 2 N–H and O–H groups in total. The maximum absolute atomic E-state index is 12.1. The molecule has 100 valence electrons. The summed E-state index contributed by atoms with van der Waals surface area (Å²) < 4.78 is 5.27. The molecule has 6 heteroatoms. The predicted molar refractivity (Wildman–Crippen MR) is 66.6 cm³/mol. The van der Waals surface area contributed by atoms with Crippen LogP contribution in [0.4, 0.5) is 0 Å². The number of nitrogens with two attached hydrogens (primary N) is 1. The third-order valence-electron chi connectivity index (χ3n) is 3.02. The number of ether oxygens (including phenoxy) is 1. The van der Waals surface area contributed by atoms with Gasteiger partial charge in [-0.1, -0.05) is 11.6 Å². The van der Waals surface area contributed by atoms with Crippen molar-refractivity contribution >= 4 is 23.5 Å². The van der Waals surface area contributed by atoms with E-state index in [0.29, 0.717) is 17.9 Å². The van der Waals surface area contributed by atoms with E-state index in [1.807, 2.05) is 0 Å². The Bertz CT molecular complexity index is 439. The first kappa shape index (κ1) is 13.4. The topological polar surface area (TPSA) is 72.6 Å². The number of hydrogen-bond acceptors (Lipinski definition) is 4. The number of β-lactam (4-membered cyclic amide) rings is 1. The van der Waals surface area contributed by atoms with Crippen LogP contribution < -0.4 is 5.73 Å². The van der Waals surface area contributed by atoms with Gasteiger partial charge in [0.1, 0.15) is 17.3 Å². The van der Waals surface area contributed by atoms with Gasteiger partial charge in [0.15, 0.2) is 0 Å². The van der Waals surface area contributed by atoms with Crippen molar-refractivity contribution in [1.29, 1.82) is 0 Å². The number of rotatable bonds is 1. The quantitative estimate of drug-likeness (QED) is 0.573. The van der Waals surface area contributed by atoms with Crippen LogP contribution in [0.3, 0.4) is 0 Å². The highest BCUT2D eigenvalue weighted by atomic mass is 35.5. The van der Waals surface area contributed by atoms with E-state index in [0.717, 1.165) is 0 Å². The molecule has 1 saturated heterocycles. The van der Waals surface area contributed by atoms with E-state index in [1.54, 1.807) is 20.8 Å². The molecule has 2 aliphatic rings. The highest BCUT2D eigenvalue weighted by Crippen LogP contribution is 2.38. The molecule has 2 unspecified atom stereocenters. The van der Waals surface area contributed by atoms with Crippen molar-refractivity contribution in [2.24, 2.45) is 5.73 Å². The second-order valence-corrected chi connectivity index (χ2v) is 6.05. The fourth-order valence-corrected chi connectivity index (χ4v) is 2.49. The first-order chi connectivity index (χ1) is 8.22. The summed E-state index contributed by atoms with van der Waals surface area (Å²) in [7, 11) is 0. The van der Waals surface area contributed by atoms with Gasteiger partial charge in [-0.15, -0.1) is 0 Å². The zero-order valence-corrected chi connectivity index (χ0v) is 11.5. The zero-order valence-electron chi connectivity index (χ0n) is 10.7. The molecule has 0 aromatic rings. The Balaban J connectivity index is 2.25. The fourth-order valence-electron chi connectivity index (χ4n) is 2.21. The van der Waals surface area contributed by atoms with Gasteiger partial charge < -0.3 is 10.5 Å². The fraction of sp³-hybridized carbons (Fsp3) is 0.667. The molecule has 2 rings (SSSR count). The Labute approximate surface area is 111 Å². The summed E-state index contributed by atoms with van der Waals surface area (Å²) in [6, 6.07) is -0.644. The highest BCUT2D eigenvalue weighted by molar-refractivity contribution is 6.32. The van der Waals surface area contributed by atoms with Crippen LogP contribution in [0.25, 0.3) is 0 Å². The lowest BCUT2D eigenvalue weighted by atomic mass is 9.87. The van der Waals surface area contributed by atoms with E-state index < -0.39 is 17.6 Å². The van der Waals surface area contributed by atoms with Gasteiger partial charge in [-0.3, -0.25) is 9.69 Å². The third-order valence-corrected chi connectivity index (χ3v) is 3.39. The number of nitrogens with zero attached hydrogens (tertiary/aromatic N) is 1. The van der Waals surface area contributed by atoms with Gasteiger partial charge >= 0.3 is 5.97 Å². The Morgan fingerprint density at radius 3 is 2.67 bits per heavy atom. The summed E-state index contributed by atoms with van der Waals surface area (Å²) >= 11 is 6.06. The van der Waals surface area contributed by atoms with Gasteiger partial charge in [0.05, 0.1) is 6.04 Å². The molecule has 0 bridgehead atoms. The maximum Gasteiger partial charge on any atom is 0.356 e. The number of halogens is 1. The van der Waals surface area contributed by atoms with Crippen LogP contribution in [0.5, 0.6) is 0 Å². The molecule has 0 aliphatic carbocycles. The smallest absolute Gasteiger partial charge is 0.356 e.